The normalized spacial score (nSPS) is 12.1. The van der Waals surface area contributed by atoms with Crippen molar-refractivity contribution in [2.75, 3.05) is 21.3 Å². The van der Waals surface area contributed by atoms with Crippen molar-refractivity contribution in [3.8, 4) is 17.2 Å². The number of ether oxygens (including phenoxy) is 3. The molecule has 2 N–H and O–H groups in total. The van der Waals surface area contributed by atoms with Gasteiger partial charge in [-0.2, -0.15) is 0 Å². The summed E-state index contributed by atoms with van der Waals surface area (Å²) in [6, 6.07) is 3.69. The zero-order chi connectivity index (χ0) is 12.1. The molecule has 1 unspecified atom stereocenters. The minimum atomic E-state index is -0.0604. The van der Waals surface area contributed by atoms with E-state index in [1.807, 2.05) is 19.1 Å². The van der Waals surface area contributed by atoms with E-state index >= 15 is 0 Å². The maximum atomic E-state index is 6.01. The third-order valence-corrected chi connectivity index (χ3v) is 2.57. The van der Waals surface area contributed by atoms with E-state index in [4.69, 9.17) is 19.9 Å². The van der Waals surface area contributed by atoms with Crippen LogP contribution < -0.4 is 19.9 Å². The highest BCUT2D eigenvalue weighted by molar-refractivity contribution is 5.56. The molecule has 0 saturated carbocycles. The number of nitrogens with two attached hydrogens (primary N) is 1. The molecule has 1 aromatic rings. The zero-order valence-corrected chi connectivity index (χ0v) is 10.2. The zero-order valence-electron chi connectivity index (χ0n) is 10.2. The summed E-state index contributed by atoms with van der Waals surface area (Å²) >= 11 is 0. The number of rotatable bonds is 5. The summed E-state index contributed by atoms with van der Waals surface area (Å²) in [5.41, 5.74) is 6.94. The lowest BCUT2D eigenvalue weighted by atomic mass is 10.0. The molecule has 4 heteroatoms. The molecule has 0 aliphatic rings. The molecule has 1 atom stereocenters. The monoisotopic (exact) mass is 225 g/mol. The lowest BCUT2D eigenvalue weighted by Crippen LogP contribution is -2.11. The third-order valence-electron chi connectivity index (χ3n) is 2.57. The van der Waals surface area contributed by atoms with Crippen LogP contribution in [0, 0.1) is 0 Å². The Morgan fingerprint density at radius 3 is 2.12 bits per heavy atom. The van der Waals surface area contributed by atoms with Gasteiger partial charge in [0, 0.05) is 11.6 Å². The van der Waals surface area contributed by atoms with Crippen LogP contribution in [0.25, 0.3) is 0 Å². The van der Waals surface area contributed by atoms with Gasteiger partial charge in [0.25, 0.3) is 0 Å². The smallest absolute Gasteiger partial charge is 0.203 e. The molecule has 1 rings (SSSR count). The Bertz CT molecular complexity index is 352. The summed E-state index contributed by atoms with van der Waals surface area (Å²) in [5.74, 6) is 1.88. The van der Waals surface area contributed by atoms with Gasteiger partial charge in [-0.15, -0.1) is 0 Å². The van der Waals surface area contributed by atoms with Crippen LogP contribution in [-0.2, 0) is 0 Å². The molecule has 0 heterocycles. The van der Waals surface area contributed by atoms with E-state index in [1.165, 1.54) is 0 Å². The van der Waals surface area contributed by atoms with Crippen molar-refractivity contribution in [1.82, 2.24) is 0 Å². The van der Waals surface area contributed by atoms with Crippen LogP contribution in [0.5, 0.6) is 17.2 Å². The minimum Gasteiger partial charge on any atom is -0.493 e. The summed E-state index contributed by atoms with van der Waals surface area (Å²) < 4.78 is 15.8. The van der Waals surface area contributed by atoms with Gasteiger partial charge in [-0.05, 0) is 18.6 Å². The van der Waals surface area contributed by atoms with Crippen LogP contribution in [0.1, 0.15) is 24.9 Å². The predicted molar refractivity (Wildman–Crippen MR) is 63.3 cm³/mol. The van der Waals surface area contributed by atoms with Gasteiger partial charge in [0.1, 0.15) is 0 Å². The summed E-state index contributed by atoms with van der Waals surface area (Å²) in [6.07, 6.45) is 0.839. The van der Waals surface area contributed by atoms with Crippen molar-refractivity contribution in [1.29, 1.82) is 0 Å². The topological polar surface area (TPSA) is 53.7 Å². The van der Waals surface area contributed by atoms with Crippen LogP contribution in [0.3, 0.4) is 0 Å². The Hall–Kier alpha value is -1.42. The molecule has 0 amide bonds. The van der Waals surface area contributed by atoms with Crippen molar-refractivity contribution in [3.63, 3.8) is 0 Å². The number of benzene rings is 1. The summed E-state index contributed by atoms with van der Waals surface area (Å²) in [7, 11) is 4.78. The molecular weight excluding hydrogens is 206 g/mol. The first-order valence-corrected chi connectivity index (χ1v) is 5.24. The molecule has 0 fully saturated rings. The first-order valence-electron chi connectivity index (χ1n) is 5.24. The lowest BCUT2D eigenvalue weighted by molar-refractivity contribution is 0.320. The van der Waals surface area contributed by atoms with E-state index in [9.17, 15) is 0 Å². The van der Waals surface area contributed by atoms with Crippen LogP contribution in [-0.4, -0.2) is 21.3 Å². The van der Waals surface area contributed by atoms with Crippen molar-refractivity contribution in [3.05, 3.63) is 17.7 Å². The fourth-order valence-electron chi connectivity index (χ4n) is 1.64. The van der Waals surface area contributed by atoms with Crippen molar-refractivity contribution >= 4 is 0 Å². The Morgan fingerprint density at radius 1 is 1.06 bits per heavy atom. The average Bonchev–Trinajstić information content (AvgIpc) is 2.35. The molecule has 0 radical (unpaired) electrons. The van der Waals surface area contributed by atoms with Gasteiger partial charge in [-0.25, -0.2) is 0 Å². The highest BCUT2D eigenvalue weighted by Crippen LogP contribution is 2.41. The molecule has 4 nitrogen and oxygen atoms in total. The molecule has 0 aromatic heterocycles. The molecule has 90 valence electrons. The van der Waals surface area contributed by atoms with Gasteiger partial charge in [0.2, 0.25) is 5.75 Å². The minimum absolute atomic E-state index is 0.0604. The lowest BCUT2D eigenvalue weighted by Gasteiger charge is -2.18. The number of methoxy groups -OCH3 is 3. The highest BCUT2D eigenvalue weighted by atomic mass is 16.5. The maximum absolute atomic E-state index is 6.01. The van der Waals surface area contributed by atoms with Crippen LogP contribution in [0.2, 0.25) is 0 Å². The third kappa shape index (κ3) is 2.22. The van der Waals surface area contributed by atoms with Crippen LogP contribution >= 0.6 is 0 Å². The van der Waals surface area contributed by atoms with Gasteiger partial charge in [-0.1, -0.05) is 6.92 Å². The maximum Gasteiger partial charge on any atom is 0.203 e. The Balaban J connectivity index is 3.31. The average molecular weight is 225 g/mol. The van der Waals surface area contributed by atoms with Crippen LogP contribution in [0.15, 0.2) is 12.1 Å². The second-order valence-electron chi connectivity index (χ2n) is 3.44. The second kappa shape index (κ2) is 5.61. The summed E-state index contributed by atoms with van der Waals surface area (Å²) in [4.78, 5) is 0. The van der Waals surface area contributed by atoms with E-state index in [-0.39, 0.29) is 6.04 Å². The quantitative estimate of drug-likeness (QED) is 0.834. The summed E-state index contributed by atoms with van der Waals surface area (Å²) in [6.45, 7) is 2.03. The Labute approximate surface area is 96.3 Å². The van der Waals surface area contributed by atoms with E-state index in [1.54, 1.807) is 21.3 Å². The number of hydrogen-bond acceptors (Lipinski definition) is 4. The Morgan fingerprint density at radius 2 is 1.69 bits per heavy atom. The summed E-state index contributed by atoms with van der Waals surface area (Å²) in [5, 5.41) is 0. The van der Waals surface area contributed by atoms with E-state index in [0.717, 1.165) is 12.0 Å². The fraction of sp³-hybridized carbons (Fsp3) is 0.500. The molecular formula is C12H19NO3. The van der Waals surface area contributed by atoms with Crippen molar-refractivity contribution < 1.29 is 14.2 Å². The van der Waals surface area contributed by atoms with Gasteiger partial charge >= 0.3 is 0 Å². The van der Waals surface area contributed by atoms with Gasteiger partial charge in [0.05, 0.1) is 21.3 Å². The van der Waals surface area contributed by atoms with Crippen molar-refractivity contribution in [2.24, 2.45) is 5.73 Å². The largest absolute Gasteiger partial charge is 0.493 e. The first kappa shape index (κ1) is 12.6. The van der Waals surface area contributed by atoms with Crippen LogP contribution in [0.4, 0.5) is 0 Å². The Kier molecular flexibility index (Phi) is 4.43. The molecule has 0 spiro atoms. The molecule has 1 aromatic carbocycles. The van der Waals surface area contributed by atoms with E-state index in [2.05, 4.69) is 0 Å². The van der Waals surface area contributed by atoms with Crippen molar-refractivity contribution in [2.45, 2.75) is 19.4 Å². The molecule has 16 heavy (non-hydrogen) atoms. The predicted octanol–water partition coefficient (Wildman–Crippen LogP) is 2.12. The van der Waals surface area contributed by atoms with Gasteiger partial charge in [-0.3, -0.25) is 0 Å². The first-order chi connectivity index (χ1) is 7.69. The standard InChI is InChI=1S/C12H19NO3/c1-5-9(13)8-6-7-10(14-2)12(16-4)11(8)15-3/h6-7,9H,5,13H2,1-4H3. The SMILES string of the molecule is CCC(N)c1ccc(OC)c(OC)c1OC. The number of hydrogen-bond donors (Lipinski definition) is 1. The highest BCUT2D eigenvalue weighted by Gasteiger charge is 2.18. The van der Waals surface area contributed by atoms with Gasteiger partial charge in [0.15, 0.2) is 11.5 Å². The molecule has 0 aliphatic carbocycles. The van der Waals surface area contributed by atoms with Gasteiger partial charge < -0.3 is 19.9 Å². The molecule has 0 saturated heterocycles. The molecule has 0 bridgehead atoms. The van der Waals surface area contributed by atoms with E-state index < -0.39 is 0 Å². The molecule has 0 aliphatic heterocycles. The fourth-order valence-corrected chi connectivity index (χ4v) is 1.64. The second-order valence-corrected chi connectivity index (χ2v) is 3.44. The van der Waals surface area contributed by atoms with E-state index in [0.29, 0.717) is 17.2 Å².